The van der Waals surface area contributed by atoms with Crippen molar-refractivity contribution in [2.24, 2.45) is 0 Å². The van der Waals surface area contributed by atoms with E-state index >= 15 is 0 Å². The summed E-state index contributed by atoms with van der Waals surface area (Å²) < 4.78 is 19.0. The van der Waals surface area contributed by atoms with Gasteiger partial charge in [0.05, 0.1) is 17.9 Å². The molecule has 23 heavy (non-hydrogen) atoms. The van der Waals surface area contributed by atoms with Crippen LogP contribution in [-0.2, 0) is 4.74 Å². The Hall–Kier alpha value is -2.95. The SMILES string of the molecule is CCOC(=O)c1ccc(-c2ccc(N)c3c(F)cccc23)nc1. The summed E-state index contributed by atoms with van der Waals surface area (Å²) in [5, 5.41) is 1.06. The molecule has 0 unspecified atom stereocenters. The Morgan fingerprint density at radius 3 is 2.74 bits per heavy atom. The summed E-state index contributed by atoms with van der Waals surface area (Å²) in [6.07, 6.45) is 1.45. The molecule has 0 amide bonds. The van der Waals surface area contributed by atoms with Gasteiger partial charge in [0.2, 0.25) is 0 Å². The van der Waals surface area contributed by atoms with Gasteiger partial charge in [-0.2, -0.15) is 0 Å². The minimum atomic E-state index is -0.417. The van der Waals surface area contributed by atoms with Crippen LogP contribution < -0.4 is 5.73 Å². The molecule has 0 atom stereocenters. The number of hydrogen-bond acceptors (Lipinski definition) is 4. The first-order chi connectivity index (χ1) is 11.1. The third kappa shape index (κ3) is 2.73. The van der Waals surface area contributed by atoms with E-state index < -0.39 is 5.97 Å². The smallest absolute Gasteiger partial charge is 0.339 e. The highest BCUT2D eigenvalue weighted by Gasteiger charge is 2.12. The molecule has 4 nitrogen and oxygen atoms in total. The Balaban J connectivity index is 2.09. The number of pyridine rings is 1. The van der Waals surface area contributed by atoms with Crippen molar-refractivity contribution in [3.63, 3.8) is 0 Å². The maximum atomic E-state index is 14.0. The van der Waals surface area contributed by atoms with Crippen molar-refractivity contribution in [2.75, 3.05) is 12.3 Å². The van der Waals surface area contributed by atoms with E-state index in [1.165, 1.54) is 12.3 Å². The van der Waals surface area contributed by atoms with E-state index in [-0.39, 0.29) is 5.82 Å². The van der Waals surface area contributed by atoms with Gasteiger partial charge in [-0.1, -0.05) is 18.2 Å². The first-order valence-corrected chi connectivity index (χ1v) is 7.22. The van der Waals surface area contributed by atoms with Gasteiger partial charge in [-0.25, -0.2) is 9.18 Å². The van der Waals surface area contributed by atoms with E-state index in [0.717, 1.165) is 5.56 Å². The standard InChI is InChI=1S/C18H15FN2O2/c1-2-23-18(22)11-6-9-16(21-10-11)12-7-8-15(20)17-13(12)4-3-5-14(17)19/h3-10H,2,20H2,1H3. The fraction of sp³-hybridized carbons (Fsp3) is 0.111. The van der Waals surface area contributed by atoms with Crippen molar-refractivity contribution in [3.8, 4) is 11.3 Å². The molecule has 0 radical (unpaired) electrons. The van der Waals surface area contributed by atoms with E-state index in [0.29, 0.717) is 34.3 Å². The lowest BCUT2D eigenvalue weighted by atomic mass is 9.99. The van der Waals surface area contributed by atoms with Gasteiger partial charge in [-0.3, -0.25) is 4.98 Å². The van der Waals surface area contributed by atoms with Gasteiger partial charge in [0, 0.05) is 22.8 Å². The van der Waals surface area contributed by atoms with Gasteiger partial charge >= 0.3 is 5.97 Å². The second-order valence-electron chi connectivity index (χ2n) is 5.02. The zero-order valence-electron chi connectivity index (χ0n) is 12.5. The number of nitrogens with zero attached hydrogens (tertiary/aromatic N) is 1. The largest absolute Gasteiger partial charge is 0.462 e. The first-order valence-electron chi connectivity index (χ1n) is 7.22. The summed E-state index contributed by atoms with van der Waals surface area (Å²) in [5.74, 6) is -0.787. The van der Waals surface area contributed by atoms with Crippen LogP contribution in [-0.4, -0.2) is 17.6 Å². The molecule has 0 fully saturated rings. The molecule has 3 rings (SSSR count). The highest BCUT2D eigenvalue weighted by Crippen LogP contribution is 2.32. The highest BCUT2D eigenvalue weighted by atomic mass is 19.1. The van der Waals surface area contributed by atoms with E-state index in [4.69, 9.17) is 10.5 Å². The van der Waals surface area contributed by atoms with Crippen LogP contribution in [0.1, 0.15) is 17.3 Å². The molecule has 5 heteroatoms. The van der Waals surface area contributed by atoms with Crippen LogP contribution >= 0.6 is 0 Å². The number of ether oxygens (including phenoxy) is 1. The summed E-state index contributed by atoms with van der Waals surface area (Å²) >= 11 is 0. The van der Waals surface area contributed by atoms with Crippen LogP contribution in [0.4, 0.5) is 10.1 Å². The number of halogens is 1. The Morgan fingerprint density at radius 2 is 2.04 bits per heavy atom. The molecule has 3 aromatic rings. The zero-order chi connectivity index (χ0) is 16.4. The molecule has 2 aromatic carbocycles. The van der Waals surface area contributed by atoms with Gasteiger partial charge in [-0.05, 0) is 36.6 Å². The van der Waals surface area contributed by atoms with Crippen molar-refractivity contribution in [2.45, 2.75) is 6.92 Å². The van der Waals surface area contributed by atoms with Gasteiger partial charge < -0.3 is 10.5 Å². The molecule has 2 N–H and O–H groups in total. The van der Waals surface area contributed by atoms with Gasteiger partial charge in [0.25, 0.3) is 0 Å². The molecule has 1 heterocycles. The molecule has 0 aliphatic heterocycles. The molecule has 0 aliphatic rings. The van der Waals surface area contributed by atoms with Gasteiger partial charge in [0.1, 0.15) is 5.82 Å². The number of benzene rings is 2. The normalized spacial score (nSPS) is 10.7. The Morgan fingerprint density at radius 1 is 1.22 bits per heavy atom. The Bertz CT molecular complexity index is 868. The number of carbonyl (C=O) groups is 1. The van der Waals surface area contributed by atoms with Crippen molar-refractivity contribution in [3.05, 3.63) is 60.0 Å². The topological polar surface area (TPSA) is 65.2 Å². The van der Waals surface area contributed by atoms with Crippen LogP contribution in [0.5, 0.6) is 0 Å². The number of anilines is 1. The van der Waals surface area contributed by atoms with Crippen LogP contribution in [0.25, 0.3) is 22.0 Å². The number of carbonyl (C=O) groups excluding carboxylic acids is 1. The fourth-order valence-electron chi connectivity index (χ4n) is 2.50. The average Bonchev–Trinajstić information content (AvgIpc) is 2.56. The van der Waals surface area contributed by atoms with Gasteiger partial charge in [-0.15, -0.1) is 0 Å². The number of aromatic nitrogens is 1. The molecule has 0 spiro atoms. The lowest BCUT2D eigenvalue weighted by molar-refractivity contribution is 0.0526. The predicted molar refractivity (Wildman–Crippen MR) is 87.5 cm³/mol. The monoisotopic (exact) mass is 310 g/mol. The summed E-state index contributed by atoms with van der Waals surface area (Å²) in [5.41, 5.74) is 8.02. The minimum absolute atomic E-state index is 0.308. The number of hydrogen-bond donors (Lipinski definition) is 1. The minimum Gasteiger partial charge on any atom is -0.462 e. The summed E-state index contributed by atoms with van der Waals surface area (Å²) in [7, 11) is 0. The van der Waals surface area contributed by atoms with E-state index in [2.05, 4.69) is 4.98 Å². The second-order valence-corrected chi connectivity index (χ2v) is 5.02. The second kappa shape index (κ2) is 6.04. The van der Waals surface area contributed by atoms with Crippen LogP contribution in [0, 0.1) is 5.82 Å². The number of fused-ring (bicyclic) bond motifs is 1. The van der Waals surface area contributed by atoms with E-state index in [9.17, 15) is 9.18 Å². The maximum absolute atomic E-state index is 14.0. The number of nitrogens with two attached hydrogens (primary N) is 1. The zero-order valence-corrected chi connectivity index (χ0v) is 12.5. The molecular weight excluding hydrogens is 295 g/mol. The first kappa shape index (κ1) is 15.0. The summed E-state index contributed by atoms with van der Waals surface area (Å²) in [4.78, 5) is 16.0. The van der Waals surface area contributed by atoms with Crippen molar-refractivity contribution < 1.29 is 13.9 Å². The lowest BCUT2D eigenvalue weighted by Gasteiger charge is -2.10. The number of nitrogen functional groups attached to an aromatic ring is 1. The van der Waals surface area contributed by atoms with Crippen LogP contribution in [0.2, 0.25) is 0 Å². The van der Waals surface area contributed by atoms with E-state index in [1.807, 2.05) is 0 Å². The number of esters is 1. The van der Waals surface area contributed by atoms with Crippen LogP contribution in [0.15, 0.2) is 48.7 Å². The Kier molecular flexibility index (Phi) is 3.93. The Labute approximate surface area is 132 Å². The van der Waals surface area contributed by atoms with Crippen molar-refractivity contribution in [1.29, 1.82) is 0 Å². The van der Waals surface area contributed by atoms with Gasteiger partial charge in [0.15, 0.2) is 0 Å². The molecule has 0 bridgehead atoms. The number of rotatable bonds is 3. The summed E-state index contributed by atoms with van der Waals surface area (Å²) in [6.45, 7) is 2.05. The lowest BCUT2D eigenvalue weighted by Crippen LogP contribution is -2.05. The summed E-state index contributed by atoms with van der Waals surface area (Å²) in [6, 6.07) is 11.6. The molecule has 0 saturated heterocycles. The van der Waals surface area contributed by atoms with Crippen molar-refractivity contribution in [1.82, 2.24) is 4.98 Å². The molecular formula is C18H15FN2O2. The molecule has 0 saturated carbocycles. The van der Waals surface area contributed by atoms with Crippen LogP contribution in [0.3, 0.4) is 0 Å². The molecule has 0 aliphatic carbocycles. The highest BCUT2D eigenvalue weighted by molar-refractivity contribution is 6.02. The predicted octanol–water partition coefficient (Wildman–Crippen LogP) is 3.80. The third-order valence-electron chi connectivity index (χ3n) is 3.57. The van der Waals surface area contributed by atoms with E-state index in [1.54, 1.807) is 43.3 Å². The maximum Gasteiger partial charge on any atom is 0.339 e. The third-order valence-corrected chi connectivity index (χ3v) is 3.57. The molecule has 1 aromatic heterocycles. The average molecular weight is 310 g/mol. The van der Waals surface area contributed by atoms with Crippen molar-refractivity contribution >= 4 is 22.4 Å². The fourth-order valence-corrected chi connectivity index (χ4v) is 2.50. The quantitative estimate of drug-likeness (QED) is 0.590. The molecule has 116 valence electrons.